The monoisotopic (exact) mass is 464 g/mol. The molecule has 1 aromatic carbocycles. The van der Waals surface area contributed by atoms with Crippen LogP contribution in [0.3, 0.4) is 0 Å². The number of nitrogens with zero attached hydrogens (tertiary/aromatic N) is 3. The van der Waals surface area contributed by atoms with E-state index in [-0.39, 0.29) is 5.91 Å². The van der Waals surface area contributed by atoms with E-state index in [0.717, 1.165) is 80.1 Å². The molecule has 0 saturated carbocycles. The SMILES string of the molecule is CCCC(=Nc1cc(N(C)C(=O)CC2CCOCC2)ccc1C)c1n[nH]c2c1CC(C)[C@H](C)C2. The summed E-state index contributed by atoms with van der Waals surface area (Å²) in [6.45, 7) is 10.5. The smallest absolute Gasteiger partial charge is 0.226 e. The molecule has 1 aliphatic heterocycles. The van der Waals surface area contributed by atoms with Crippen molar-refractivity contribution in [1.29, 1.82) is 0 Å². The average Bonchev–Trinajstić information content (AvgIpc) is 3.22. The number of rotatable bonds is 7. The van der Waals surface area contributed by atoms with E-state index in [1.165, 1.54) is 11.3 Å². The fourth-order valence-corrected chi connectivity index (χ4v) is 5.09. The van der Waals surface area contributed by atoms with Gasteiger partial charge in [-0.15, -0.1) is 0 Å². The van der Waals surface area contributed by atoms with E-state index >= 15 is 0 Å². The molecule has 0 spiro atoms. The first-order chi connectivity index (χ1) is 16.4. The summed E-state index contributed by atoms with van der Waals surface area (Å²) >= 11 is 0. The Morgan fingerprint density at radius 2 is 1.94 bits per heavy atom. The minimum atomic E-state index is 0.156. The molecule has 34 heavy (non-hydrogen) atoms. The molecule has 184 valence electrons. The Morgan fingerprint density at radius 3 is 2.68 bits per heavy atom. The molecule has 6 heteroatoms. The van der Waals surface area contributed by atoms with Crippen LogP contribution >= 0.6 is 0 Å². The summed E-state index contributed by atoms with van der Waals surface area (Å²) in [5.74, 6) is 1.88. The van der Waals surface area contributed by atoms with Gasteiger partial charge in [0.2, 0.25) is 5.91 Å². The van der Waals surface area contributed by atoms with Crippen molar-refractivity contribution in [1.82, 2.24) is 10.2 Å². The van der Waals surface area contributed by atoms with Crippen LogP contribution in [0.4, 0.5) is 11.4 Å². The summed E-state index contributed by atoms with van der Waals surface area (Å²) in [6.07, 6.45) is 6.50. The molecule has 0 bridgehead atoms. The maximum atomic E-state index is 13.0. The minimum absolute atomic E-state index is 0.156. The van der Waals surface area contributed by atoms with Crippen molar-refractivity contribution in [3.8, 4) is 0 Å². The van der Waals surface area contributed by atoms with Crippen molar-refractivity contribution >= 4 is 23.0 Å². The highest BCUT2D eigenvalue weighted by molar-refractivity contribution is 6.02. The van der Waals surface area contributed by atoms with Crippen LogP contribution in [0.5, 0.6) is 0 Å². The second-order valence-corrected chi connectivity index (χ2v) is 10.4. The predicted molar refractivity (Wildman–Crippen MR) is 138 cm³/mol. The van der Waals surface area contributed by atoms with Crippen LogP contribution in [0.2, 0.25) is 0 Å². The summed E-state index contributed by atoms with van der Waals surface area (Å²) in [5.41, 5.74) is 7.60. The molecule has 1 fully saturated rings. The highest BCUT2D eigenvalue weighted by Gasteiger charge is 2.28. The molecule has 1 N–H and O–H groups in total. The quantitative estimate of drug-likeness (QED) is 0.527. The van der Waals surface area contributed by atoms with Gasteiger partial charge in [-0.05, 0) is 74.5 Å². The molecule has 1 saturated heterocycles. The zero-order chi connectivity index (χ0) is 24.2. The summed E-state index contributed by atoms with van der Waals surface area (Å²) in [6, 6.07) is 6.14. The van der Waals surface area contributed by atoms with Gasteiger partial charge >= 0.3 is 0 Å². The fraction of sp³-hybridized carbons (Fsp3) is 0.607. The number of ether oxygens (including phenoxy) is 1. The molecule has 6 nitrogen and oxygen atoms in total. The molecule has 1 aromatic heterocycles. The number of nitrogens with one attached hydrogen (secondary N) is 1. The number of carbonyl (C=O) groups is 1. The van der Waals surface area contributed by atoms with E-state index in [4.69, 9.17) is 14.8 Å². The maximum absolute atomic E-state index is 13.0. The summed E-state index contributed by atoms with van der Waals surface area (Å²) in [4.78, 5) is 19.9. The van der Waals surface area contributed by atoms with Gasteiger partial charge in [0.25, 0.3) is 0 Å². The number of amides is 1. The standard InChI is InChI=1S/C28H40N4O2/c1-6-7-24(28-23-14-19(3)20(4)15-26(23)30-31-28)29-25-17-22(9-8-18(25)2)32(5)27(33)16-21-10-12-34-13-11-21/h8-9,17,19-21H,6-7,10-16H2,1-5H3,(H,30,31)/t19?,20-/m1/s1. The predicted octanol–water partition coefficient (Wildman–Crippen LogP) is 5.79. The number of aromatic amines is 1. The number of H-pyrrole nitrogens is 1. The molecule has 2 atom stereocenters. The van der Waals surface area contributed by atoms with Gasteiger partial charge in [-0.1, -0.05) is 33.3 Å². The lowest BCUT2D eigenvalue weighted by molar-refractivity contribution is -0.119. The topological polar surface area (TPSA) is 70.6 Å². The minimum Gasteiger partial charge on any atom is -0.381 e. The van der Waals surface area contributed by atoms with E-state index in [9.17, 15) is 4.79 Å². The average molecular weight is 465 g/mol. The van der Waals surface area contributed by atoms with Crippen molar-refractivity contribution in [3.05, 3.63) is 40.7 Å². The molecule has 2 heterocycles. The van der Waals surface area contributed by atoms with Crippen LogP contribution in [0.25, 0.3) is 0 Å². The number of aromatic nitrogens is 2. The first kappa shape index (κ1) is 24.6. The van der Waals surface area contributed by atoms with Crippen LogP contribution in [-0.2, 0) is 22.4 Å². The van der Waals surface area contributed by atoms with Gasteiger partial charge in [0, 0.05) is 43.6 Å². The highest BCUT2D eigenvalue weighted by Crippen LogP contribution is 2.33. The number of carbonyl (C=O) groups excluding carboxylic acids is 1. The van der Waals surface area contributed by atoms with Crippen LogP contribution < -0.4 is 4.90 Å². The Bertz CT molecular complexity index is 1040. The lowest BCUT2D eigenvalue weighted by atomic mass is 9.79. The molecule has 1 amide bonds. The summed E-state index contributed by atoms with van der Waals surface area (Å²) < 4.78 is 5.44. The van der Waals surface area contributed by atoms with Crippen molar-refractivity contribution < 1.29 is 9.53 Å². The van der Waals surface area contributed by atoms with Gasteiger partial charge in [0.15, 0.2) is 0 Å². The molecule has 2 aromatic rings. The van der Waals surface area contributed by atoms with Gasteiger partial charge < -0.3 is 9.64 Å². The third-order valence-electron chi connectivity index (χ3n) is 7.75. The third-order valence-corrected chi connectivity index (χ3v) is 7.75. The van der Waals surface area contributed by atoms with Gasteiger partial charge in [-0.3, -0.25) is 14.9 Å². The normalized spacial score (nSPS) is 21.4. The molecular weight excluding hydrogens is 424 g/mol. The van der Waals surface area contributed by atoms with Crippen LogP contribution in [0, 0.1) is 24.7 Å². The Morgan fingerprint density at radius 1 is 1.21 bits per heavy atom. The molecule has 2 aliphatic rings. The van der Waals surface area contributed by atoms with Gasteiger partial charge in [0.05, 0.1) is 11.4 Å². The van der Waals surface area contributed by atoms with E-state index in [1.54, 1.807) is 4.90 Å². The van der Waals surface area contributed by atoms with E-state index < -0.39 is 0 Å². The van der Waals surface area contributed by atoms with E-state index in [0.29, 0.717) is 24.2 Å². The summed E-state index contributed by atoms with van der Waals surface area (Å²) in [5, 5.41) is 8.04. The zero-order valence-electron chi connectivity index (χ0n) is 21.5. The molecule has 1 aliphatic carbocycles. The fourth-order valence-electron chi connectivity index (χ4n) is 5.09. The Hall–Kier alpha value is -2.47. The van der Waals surface area contributed by atoms with Crippen molar-refractivity contribution in [2.24, 2.45) is 22.7 Å². The largest absolute Gasteiger partial charge is 0.381 e. The number of aliphatic imine (C=N–C) groups is 1. The highest BCUT2D eigenvalue weighted by atomic mass is 16.5. The number of hydrogen-bond donors (Lipinski definition) is 1. The maximum Gasteiger partial charge on any atom is 0.226 e. The Labute approximate surface area is 204 Å². The second-order valence-electron chi connectivity index (χ2n) is 10.4. The second kappa shape index (κ2) is 10.9. The number of benzene rings is 1. The Balaban J connectivity index is 1.60. The van der Waals surface area contributed by atoms with Crippen LogP contribution in [0.15, 0.2) is 23.2 Å². The third kappa shape index (κ3) is 5.43. The van der Waals surface area contributed by atoms with Crippen molar-refractivity contribution in [2.45, 2.75) is 72.6 Å². The van der Waals surface area contributed by atoms with E-state index in [1.807, 2.05) is 13.1 Å². The summed E-state index contributed by atoms with van der Waals surface area (Å²) in [7, 11) is 1.87. The molecule has 0 radical (unpaired) electrons. The van der Waals surface area contributed by atoms with Crippen molar-refractivity contribution in [3.63, 3.8) is 0 Å². The van der Waals surface area contributed by atoms with Gasteiger partial charge in [-0.25, -0.2) is 0 Å². The zero-order valence-corrected chi connectivity index (χ0v) is 21.5. The lowest BCUT2D eigenvalue weighted by Gasteiger charge is -2.25. The van der Waals surface area contributed by atoms with Crippen LogP contribution in [-0.4, -0.2) is 42.1 Å². The number of fused-ring (bicyclic) bond motifs is 1. The lowest BCUT2D eigenvalue weighted by Crippen LogP contribution is -2.30. The number of anilines is 1. The molecular formula is C28H40N4O2. The number of hydrogen-bond acceptors (Lipinski definition) is 4. The van der Waals surface area contributed by atoms with Crippen LogP contribution in [0.1, 0.15) is 75.4 Å². The van der Waals surface area contributed by atoms with E-state index in [2.05, 4.69) is 44.9 Å². The number of aryl methyl sites for hydroxylation is 1. The van der Waals surface area contributed by atoms with Crippen molar-refractivity contribution in [2.75, 3.05) is 25.2 Å². The first-order valence-corrected chi connectivity index (χ1v) is 13.0. The van der Waals surface area contributed by atoms with Gasteiger partial charge in [0.1, 0.15) is 5.69 Å². The molecule has 1 unspecified atom stereocenters. The van der Waals surface area contributed by atoms with Gasteiger partial charge in [-0.2, -0.15) is 5.10 Å². The molecule has 4 rings (SSSR count). The first-order valence-electron chi connectivity index (χ1n) is 13.0. The Kier molecular flexibility index (Phi) is 7.87.